The van der Waals surface area contributed by atoms with Crippen molar-refractivity contribution >= 4 is 29.1 Å². The molecule has 0 saturated carbocycles. The first kappa shape index (κ1) is 14.2. The summed E-state index contributed by atoms with van der Waals surface area (Å²) in [6, 6.07) is 11.7. The Balaban J connectivity index is 2.18. The van der Waals surface area contributed by atoms with Crippen LogP contribution in [0.2, 0.25) is 0 Å². The average Bonchev–Trinajstić information content (AvgIpc) is 2.49. The van der Waals surface area contributed by atoms with Crippen molar-refractivity contribution in [1.82, 2.24) is 9.97 Å². The van der Waals surface area contributed by atoms with Gasteiger partial charge >= 0.3 is 0 Å². The molecular formula is C14H15N5S. The van der Waals surface area contributed by atoms with Crippen molar-refractivity contribution in [1.29, 1.82) is 5.26 Å². The lowest BCUT2D eigenvalue weighted by Gasteiger charge is -2.09. The maximum Gasteiger partial charge on any atom is 0.191 e. The summed E-state index contributed by atoms with van der Waals surface area (Å²) in [5, 5.41) is 15.6. The molecule has 102 valence electrons. The Kier molecular flexibility index (Phi) is 4.80. The minimum atomic E-state index is 0.425. The molecule has 0 amide bonds. The Bertz CT molecular complexity index is 596. The van der Waals surface area contributed by atoms with Gasteiger partial charge in [0, 0.05) is 18.8 Å². The van der Waals surface area contributed by atoms with E-state index in [1.807, 2.05) is 43.6 Å². The highest BCUT2D eigenvalue weighted by Gasteiger charge is 2.03. The van der Waals surface area contributed by atoms with Gasteiger partial charge in [0.05, 0.1) is 12.5 Å². The van der Waals surface area contributed by atoms with E-state index in [0.717, 1.165) is 22.9 Å². The monoisotopic (exact) mass is 285 g/mol. The van der Waals surface area contributed by atoms with Crippen LogP contribution in [0.5, 0.6) is 0 Å². The fourth-order valence-corrected chi connectivity index (χ4v) is 2.03. The Labute approximate surface area is 122 Å². The first-order valence-corrected chi connectivity index (χ1v) is 7.31. The number of hydrogen-bond acceptors (Lipinski definition) is 6. The van der Waals surface area contributed by atoms with Gasteiger partial charge in [-0.15, -0.1) is 0 Å². The smallest absolute Gasteiger partial charge is 0.191 e. The number of anilines is 3. The van der Waals surface area contributed by atoms with Crippen molar-refractivity contribution < 1.29 is 0 Å². The maximum atomic E-state index is 8.65. The molecule has 2 rings (SSSR count). The molecule has 0 aliphatic rings. The molecule has 5 nitrogen and oxygen atoms in total. The van der Waals surface area contributed by atoms with E-state index >= 15 is 0 Å². The standard InChI is InChI=1S/C14H15N5S/c1-16-12-9-13(19-14(18-12)20-2)17-11-5-3-10(4-6-11)7-8-15/h3-6,9H,7H2,1-2H3,(H2,16,17,18,19). The molecule has 0 radical (unpaired) electrons. The zero-order chi connectivity index (χ0) is 14.4. The van der Waals surface area contributed by atoms with Crippen LogP contribution in [-0.2, 0) is 6.42 Å². The Morgan fingerprint density at radius 1 is 1.20 bits per heavy atom. The minimum absolute atomic E-state index is 0.425. The van der Waals surface area contributed by atoms with Crippen LogP contribution in [0.1, 0.15) is 5.56 Å². The van der Waals surface area contributed by atoms with Crippen LogP contribution >= 0.6 is 11.8 Å². The van der Waals surface area contributed by atoms with Crippen molar-refractivity contribution in [2.45, 2.75) is 11.6 Å². The molecule has 6 heteroatoms. The summed E-state index contributed by atoms with van der Waals surface area (Å²) < 4.78 is 0. The second-order valence-corrected chi connectivity index (χ2v) is 4.81. The Morgan fingerprint density at radius 3 is 2.50 bits per heavy atom. The highest BCUT2D eigenvalue weighted by atomic mass is 32.2. The highest BCUT2D eigenvalue weighted by Crippen LogP contribution is 2.21. The lowest BCUT2D eigenvalue weighted by atomic mass is 10.1. The fraction of sp³-hybridized carbons (Fsp3) is 0.214. The number of benzene rings is 1. The van der Waals surface area contributed by atoms with Crippen LogP contribution in [0.4, 0.5) is 17.3 Å². The van der Waals surface area contributed by atoms with E-state index in [-0.39, 0.29) is 0 Å². The van der Waals surface area contributed by atoms with Crippen LogP contribution in [0.3, 0.4) is 0 Å². The number of rotatable bonds is 5. The third-order valence-electron chi connectivity index (χ3n) is 2.65. The number of hydrogen-bond donors (Lipinski definition) is 2. The quantitative estimate of drug-likeness (QED) is 0.649. The lowest BCUT2D eigenvalue weighted by Crippen LogP contribution is -2.00. The molecule has 1 aromatic heterocycles. The van der Waals surface area contributed by atoms with Crippen LogP contribution in [0, 0.1) is 11.3 Å². The van der Waals surface area contributed by atoms with Crippen LogP contribution in [0.15, 0.2) is 35.5 Å². The number of nitrogens with zero attached hydrogens (tertiary/aromatic N) is 3. The first-order valence-electron chi connectivity index (χ1n) is 6.09. The van der Waals surface area contributed by atoms with E-state index in [1.54, 1.807) is 0 Å². The SMILES string of the molecule is CNc1cc(Nc2ccc(CC#N)cc2)nc(SC)n1. The van der Waals surface area contributed by atoms with Crippen LogP contribution < -0.4 is 10.6 Å². The number of aromatic nitrogens is 2. The first-order chi connectivity index (χ1) is 9.75. The average molecular weight is 285 g/mol. The summed E-state index contributed by atoms with van der Waals surface area (Å²) in [6.07, 6.45) is 2.36. The van der Waals surface area contributed by atoms with Crippen molar-refractivity contribution in [2.75, 3.05) is 23.9 Å². The van der Waals surface area contributed by atoms with Gasteiger partial charge in [0.25, 0.3) is 0 Å². The summed E-state index contributed by atoms with van der Waals surface area (Å²) in [7, 11) is 1.83. The fourth-order valence-electron chi connectivity index (χ4n) is 1.65. The number of nitrogens with one attached hydrogen (secondary N) is 2. The van der Waals surface area contributed by atoms with E-state index in [1.165, 1.54) is 11.8 Å². The molecule has 20 heavy (non-hydrogen) atoms. The normalized spacial score (nSPS) is 9.85. The molecule has 0 atom stereocenters. The number of thioether (sulfide) groups is 1. The van der Waals surface area contributed by atoms with Gasteiger partial charge in [-0.25, -0.2) is 9.97 Å². The van der Waals surface area contributed by atoms with Crippen molar-refractivity contribution in [3.8, 4) is 6.07 Å². The second kappa shape index (κ2) is 6.78. The molecule has 0 bridgehead atoms. The molecule has 2 N–H and O–H groups in total. The van der Waals surface area contributed by atoms with E-state index < -0.39 is 0 Å². The minimum Gasteiger partial charge on any atom is -0.373 e. The van der Waals surface area contributed by atoms with E-state index in [2.05, 4.69) is 26.7 Å². The summed E-state index contributed by atoms with van der Waals surface area (Å²) in [5.41, 5.74) is 1.93. The summed E-state index contributed by atoms with van der Waals surface area (Å²) in [4.78, 5) is 8.72. The molecule has 1 aromatic carbocycles. The van der Waals surface area contributed by atoms with Gasteiger partial charge < -0.3 is 10.6 Å². The summed E-state index contributed by atoms with van der Waals surface area (Å²) in [6.45, 7) is 0. The molecule has 0 spiro atoms. The predicted octanol–water partition coefficient (Wildman–Crippen LogP) is 3.05. The lowest BCUT2D eigenvalue weighted by molar-refractivity contribution is 0.977. The van der Waals surface area contributed by atoms with Gasteiger partial charge in [-0.05, 0) is 24.0 Å². The molecule has 1 heterocycles. The molecule has 2 aromatic rings. The summed E-state index contributed by atoms with van der Waals surface area (Å²) in [5.74, 6) is 1.51. The van der Waals surface area contributed by atoms with Crippen LogP contribution in [0.25, 0.3) is 0 Å². The topological polar surface area (TPSA) is 73.6 Å². The third-order valence-corrected chi connectivity index (χ3v) is 3.20. The molecule has 0 aliphatic heterocycles. The van der Waals surface area contributed by atoms with E-state index in [9.17, 15) is 0 Å². The van der Waals surface area contributed by atoms with Crippen molar-refractivity contribution in [2.24, 2.45) is 0 Å². The molecule has 0 aliphatic carbocycles. The van der Waals surface area contributed by atoms with Crippen LogP contribution in [-0.4, -0.2) is 23.3 Å². The van der Waals surface area contributed by atoms with Crippen molar-refractivity contribution in [3.05, 3.63) is 35.9 Å². The Morgan fingerprint density at radius 2 is 1.90 bits per heavy atom. The number of nitriles is 1. The van der Waals surface area contributed by atoms with E-state index in [0.29, 0.717) is 11.6 Å². The molecule has 0 unspecified atom stereocenters. The molecule has 0 saturated heterocycles. The highest BCUT2D eigenvalue weighted by molar-refractivity contribution is 7.98. The second-order valence-electron chi connectivity index (χ2n) is 4.03. The van der Waals surface area contributed by atoms with Gasteiger partial charge in [-0.2, -0.15) is 5.26 Å². The van der Waals surface area contributed by atoms with Gasteiger partial charge in [0.2, 0.25) is 0 Å². The van der Waals surface area contributed by atoms with Gasteiger partial charge in [-0.1, -0.05) is 23.9 Å². The van der Waals surface area contributed by atoms with E-state index in [4.69, 9.17) is 5.26 Å². The third kappa shape index (κ3) is 3.62. The zero-order valence-corrected chi connectivity index (χ0v) is 12.2. The predicted molar refractivity (Wildman–Crippen MR) is 82.4 cm³/mol. The van der Waals surface area contributed by atoms with Gasteiger partial charge in [0.15, 0.2) is 5.16 Å². The van der Waals surface area contributed by atoms with Gasteiger partial charge in [-0.3, -0.25) is 0 Å². The van der Waals surface area contributed by atoms with Gasteiger partial charge in [0.1, 0.15) is 11.6 Å². The molecule has 0 fully saturated rings. The summed E-state index contributed by atoms with van der Waals surface area (Å²) >= 11 is 1.49. The molecular weight excluding hydrogens is 270 g/mol. The zero-order valence-electron chi connectivity index (χ0n) is 11.3. The maximum absolute atomic E-state index is 8.65. The largest absolute Gasteiger partial charge is 0.373 e. The van der Waals surface area contributed by atoms with Crippen molar-refractivity contribution in [3.63, 3.8) is 0 Å². The Hall–Kier alpha value is -2.26.